The Morgan fingerprint density at radius 3 is 2.94 bits per heavy atom. The van der Waals surface area contributed by atoms with Crippen LogP contribution in [0.1, 0.15) is 6.42 Å². The molecular weight excluding hydrogens is 280 g/mol. The highest BCUT2D eigenvalue weighted by Gasteiger charge is 2.08. The molecule has 0 fully saturated rings. The van der Waals surface area contributed by atoms with Crippen LogP contribution in [0.3, 0.4) is 0 Å². The molecule has 0 radical (unpaired) electrons. The van der Waals surface area contributed by atoms with Crippen molar-refractivity contribution < 1.29 is 8.42 Å². The van der Waals surface area contributed by atoms with Gasteiger partial charge in [0.1, 0.15) is 5.82 Å². The maximum atomic E-state index is 10.8. The largest absolute Gasteiger partial charge is 0.369 e. The van der Waals surface area contributed by atoms with Crippen LogP contribution in [0.4, 0.5) is 5.82 Å². The third kappa shape index (κ3) is 3.28. The Kier molecular flexibility index (Phi) is 3.64. The van der Waals surface area contributed by atoms with Gasteiger partial charge in [0, 0.05) is 6.54 Å². The summed E-state index contributed by atoms with van der Waals surface area (Å²) >= 11 is 5.74. The third-order valence-corrected chi connectivity index (χ3v) is 3.21. The molecule has 0 aliphatic rings. The monoisotopic (exact) mass is 290 g/mol. The highest BCUT2D eigenvalue weighted by Crippen LogP contribution is 2.19. The summed E-state index contributed by atoms with van der Waals surface area (Å²) in [5.74, 6) is 0.418. The van der Waals surface area contributed by atoms with Crippen LogP contribution in [-0.2, 0) is 10.0 Å². The molecule has 98 valence electrons. The quantitative estimate of drug-likeness (QED) is 0.529. The predicted octanol–water partition coefficient (Wildman–Crippen LogP) is 0.0968. The van der Waals surface area contributed by atoms with Crippen LogP contribution in [-0.4, -0.2) is 40.9 Å². The lowest BCUT2D eigenvalue weighted by Gasteiger charge is -2.05. The minimum atomic E-state index is -3.44. The van der Waals surface area contributed by atoms with Gasteiger partial charge in [-0.3, -0.25) is 5.10 Å². The Morgan fingerprint density at radius 2 is 2.22 bits per heavy atom. The van der Waals surface area contributed by atoms with Gasteiger partial charge in [-0.15, -0.1) is 0 Å². The first-order valence-corrected chi connectivity index (χ1v) is 7.16. The lowest BCUT2D eigenvalue weighted by molar-refractivity contribution is 0.596. The average molecular weight is 291 g/mol. The Balaban J connectivity index is 2.05. The molecule has 8 nitrogen and oxygen atoms in total. The minimum absolute atomic E-state index is 0.0840. The summed E-state index contributed by atoms with van der Waals surface area (Å²) in [5, 5.41) is 15.1. The van der Waals surface area contributed by atoms with E-state index >= 15 is 0 Å². The van der Waals surface area contributed by atoms with Crippen molar-refractivity contribution >= 4 is 38.5 Å². The van der Waals surface area contributed by atoms with E-state index in [2.05, 4.69) is 25.5 Å². The van der Waals surface area contributed by atoms with Crippen molar-refractivity contribution in [2.24, 2.45) is 5.14 Å². The smallest absolute Gasteiger partial charge is 0.226 e. The maximum Gasteiger partial charge on any atom is 0.226 e. The van der Waals surface area contributed by atoms with E-state index in [9.17, 15) is 8.42 Å². The molecule has 18 heavy (non-hydrogen) atoms. The SMILES string of the molecule is NS(=O)(=O)CCCNc1nc(Cl)nc2[nH]ncc12. The Hall–Kier alpha value is -1.45. The van der Waals surface area contributed by atoms with E-state index in [0.29, 0.717) is 29.8 Å². The third-order valence-electron chi connectivity index (χ3n) is 2.18. The maximum absolute atomic E-state index is 10.8. The number of aromatic nitrogens is 4. The van der Waals surface area contributed by atoms with Gasteiger partial charge in [-0.2, -0.15) is 15.1 Å². The molecule has 0 spiro atoms. The lowest BCUT2D eigenvalue weighted by Crippen LogP contribution is -2.19. The molecule has 0 amide bonds. The van der Waals surface area contributed by atoms with Crippen molar-refractivity contribution in [3.8, 4) is 0 Å². The fourth-order valence-corrected chi connectivity index (χ4v) is 2.14. The predicted molar refractivity (Wildman–Crippen MR) is 67.8 cm³/mol. The van der Waals surface area contributed by atoms with Crippen molar-refractivity contribution in [2.75, 3.05) is 17.6 Å². The van der Waals surface area contributed by atoms with Crippen LogP contribution in [0.25, 0.3) is 11.0 Å². The van der Waals surface area contributed by atoms with Crippen molar-refractivity contribution in [1.29, 1.82) is 0 Å². The van der Waals surface area contributed by atoms with Crippen LogP contribution in [0.15, 0.2) is 6.20 Å². The van der Waals surface area contributed by atoms with Gasteiger partial charge in [0.25, 0.3) is 0 Å². The molecule has 2 aromatic rings. The number of anilines is 1. The summed E-state index contributed by atoms with van der Waals surface area (Å²) in [6, 6.07) is 0. The highest BCUT2D eigenvalue weighted by molar-refractivity contribution is 7.89. The van der Waals surface area contributed by atoms with Gasteiger partial charge in [-0.05, 0) is 18.0 Å². The van der Waals surface area contributed by atoms with E-state index in [1.807, 2.05) is 0 Å². The van der Waals surface area contributed by atoms with E-state index < -0.39 is 10.0 Å². The molecule has 10 heteroatoms. The zero-order valence-electron chi connectivity index (χ0n) is 9.22. The van der Waals surface area contributed by atoms with Crippen LogP contribution in [0, 0.1) is 0 Å². The number of aromatic amines is 1. The molecule has 0 aliphatic carbocycles. The second-order valence-corrected chi connectivity index (χ2v) is 5.69. The van der Waals surface area contributed by atoms with Crippen LogP contribution >= 0.6 is 11.6 Å². The normalized spacial score (nSPS) is 11.9. The van der Waals surface area contributed by atoms with Crippen molar-refractivity contribution in [2.45, 2.75) is 6.42 Å². The summed E-state index contributed by atoms with van der Waals surface area (Å²) in [6.07, 6.45) is 1.94. The van der Waals surface area contributed by atoms with Crippen molar-refractivity contribution in [1.82, 2.24) is 20.2 Å². The molecule has 2 rings (SSSR count). The van der Waals surface area contributed by atoms with E-state index in [1.54, 1.807) is 6.20 Å². The summed E-state index contributed by atoms with van der Waals surface area (Å²) in [4.78, 5) is 7.95. The van der Waals surface area contributed by atoms with Gasteiger partial charge in [-0.25, -0.2) is 13.6 Å². The Bertz CT molecular complexity index is 655. The highest BCUT2D eigenvalue weighted by atomic mass is 35.5. The number of fused-ring (bicyclic) bond motifs is 1. The van der Waals surface area contributed by atoms with E-state index in [-0.39, 0.29) is 11.0 Å². The number of hydrogen-bond acceptors (Lipinski definition) is 6. The molecule has 0 atom stereocenters. The van der Waals surface area contributed by atoms with Gasteiger partial charge in [0.15, 0.2) is 5.65 Å². The number of nitrogens with one attached hydrogen (secondary N) is 2. The minimum Gasteiger partial charge on any atom is -0.369 e. The first-order valence-electron chi connectivity index (χ1n) is 5.07. The van der Waals surface area contributed by atoms with Crippen molar-refractivity contribution in [3.63, 3.8) is 0 Å². The fourth-order valence-electron chi connectivity index (χ4n) is 1.42. The van der Waals surface area contributed by atoms with Crippen molar-refractivity contribution in [3.05, 3.63) is 11.5 Å². The number of primary sulfonamides is 1. The second-order valence-electron chi connectivity index (χ2n) is 3.62. The van der Waals surface area contributed by atoms with Crippen LogP contribution in [0.2, 0.25) is 5.28 Å². The summed E-state index contributed by atoms with van der Waals surface area (Å²) < 4.78 is 21.5. The standard InChI is InChI=1S/C8H11ClN6O2S/c9-8-13-6(5-4-12-15-7(5)14-8)11-2-1-3-18(10,16)17/h4H,1-3H2,(H2,10,16,17)(H2,11,12,13,14,15). The molecule has 0 saturated heterocycles. The molecule has 0 unspecified atom stereocenters. The van der Waals surface area contributed by atoms with Gasteiger partial charge >= 0.3 is 0 Å². The van der Waals surface area contributed by atoms with E-state index in [1.165, 1.54) is 0 Å². The molecule has 4 N–H and O–H groups in total. The summed E-state index contributed by atoms with van der Waals surface area (Å²) in [6.45, 7) is 0.407. The van der Waals surface area contributed by atoms with E-state index in [4.69, 9.17) is 16.7 Å². The second kappa shape index (κ2) is 5.04. The number of nitrogens with two attached hydrogens (primary N) is 1. The number of nitrogens with zero attached hydrogens (tertiary/aromatic N) is 3. The number of sulfonamides is 1. The topological polar surface area (TPSA) is 127 Å². The summed E-state index contributed by atoms with van der Waals surface area (Å²) in [7, 11) is -3.44. The number of halogens is 1. The van der Waals surface area contributed by atoms with Gasteiger partial charge < -0.3 is 5.32 Å². The molecule has 0 aromatic carbocycles. The molecule has 0 aliphatic heterocycles. The Morgan fingerprint density at radius 1 is 1.44 bits per heavy atom. The zero-order valence-corrected chi connectivity index (χ0v) is 10.8. The fraction of sp³-hybridized carbons (Fsp3) is 0.375. The zero-order chi connectivity index (χ0) is 13.2. The van der Waals surface area contributed by atoms with E-state index in [0.717, 1.165) is 0 Å². The molecule has 2 aromatic heterocycles. The Labute approximate surface area is 108 Å². The van der Waals surface area contributed by atoms with Crippen LogP contribution < -0.4 is 10.5 Å². The molecule has 0 bridgehead atoms. The van der Waals surface area contributed by atoms with Gasteiger partial charge in [0.2, 0.25) is 15.3 Å². The lowest BCUT2D eigenvalue weighted by atomic mass is 10.4. The summed E-state index contributed by atoms with van der Waals surface area (Å²) in [5.41, 5.74) is 0.518. The van der Waals surface area contributed by atoms with Gasteiger partial charge in [-0.1, -0.05) is 0 Å². The number of H-pyrrole nitrogens is 1. The van der Waals surface area contributed by atoms with Gasteiger partial charge in [0.05, 0.1) is 17.3 Å². The number of rotatable bonds is 5. The molecular formula is C8H11ClN6O2S. The molecule has 2 heterocycles. The molecule has 0 saturated carbocycles. The number of hydrogen-bond donors (Lipinski definition) is 3. The first kappa shape index (κ1) is 13.0. The average Bonchev–Trinajstić information content (AvgIpc) is 2.70. The first-order chi connectivity index (χ1) is 8.46. The van der Waals surface area contributed by atoms with Crippen LogP contribution in [0.5, 0.6) is 0 Å².